The number of aryl methyl sites for hydroxylation is 1. The molecule has 36 heavy (non-hydrogen) atoms. The van der Waals surface area contributed by atoms with Crippen LogP contribution in [0.3, 0.4) is 0 Å². The van der Waals surface area contributed by atoms with E-state index in [2.05, 4.69) is 81.4 Å². The Hall–Kier alpha value is -2.11. The number of benzene rings is 2. The minimum atomic E-state index is 0.0140. The summed E-state index contributed by atoms with van der Waals surface area (Å²) in [5.41, 5.74) is 11.1. The summed E-state index contributed by atoms with van der Waals surface area (Å²) in [4.78, 5) is 13.4. The normalized spacial score (nSPS) is 22.0. The predicted octanol–water partition coefficient (Wildman–Crippen LogP) is 7.20. The molecule has 1 amide bonds. The van der Waals surface area contributed by atoms with Crippen molar-refractivity contribution in [3.63, 3.8) is 0 Å². The molecule has 0 radical (unpaired) electrons. The Kier molecular flexibility index (Phi) is 8.17. The predicted molar refractivity (Wildman–Crippen MR) is 152 cm³/mol. The topological polar surface area (TPSA) is 60.1 Å². The molecule has 192 valence electrons. The van der Waals surface area contributed by atoms with Gasteiger partial charge in [0.05, 0.1) is 0 Å². The Balaban J connectivity index is 1.48. The lowest BCUT2D eigenvalue weighted by atomic mass is 9.86. The molecule has 1 unspecified atom stereocenters. The lowest BCUT2D eigenvalue weighted by Crippen LogP contribution is -2.40. The van der Waals surface area contributed by atoms with Gasteiger partial charge in [-0.1, -0.05) is 65.0 Å². The van der Waals surface area contributed by atoms with Crippen LogP contribution >= 0.6 is 15.9 Å². The van der Waals surface area contributed by atoms with Crippen LogP contribution in [0, 0.1) is 12.8 Å². The third kappa shape index (κ3) is 6.06. The number of nitrogens with two attached hydrogens (primary N) is 1. The van der Waals surface area contributed by atoms with Crippen LogP contribution < -0.4 is 11.1 Å². The summed E-state index contributed by atoms with van der Waals surface area (Å²) in [5, 5.41) is 4.60. The highest BCUT2D eigenvalue weighted by Gasteiger charge is 2.26. The first-order valence-electron chi connectivity index (χ1n) is 13.9. The smallest absolute Gasteiger partial charge is 0.221 e. The van der Waals surface area contributed by atoms with E-state index in [-0.39, 0.29) is 23.9 Å². The third-order valence-corrected chi connectivity index (χ3v) is 8.89. The number of carbonyl (C=O) groups excluding carboxylic acids is 1. The second-order valence-electron chi connectivity index (χ2n) is 11.3. The zero-order valence-electron chi connectivity index (χ0n) is 21.5. The average molecular weight is 551 g/mol. The molecule has 3 aromatic rings. The number of carbonyl (C=O) groups is 1. The zero-order chi connectivity index (χ0) is 25.1. The van der Waals surface area contributed by atoms with Crippen LogP contribution in [-0.2, 0) is 11.3 Å². The summed E-state index contributed by atoms with van der Waals surface area (Å²) in [6.45, 7) is 3.20. The minimum absolute atomic E-state index is 0.0140. The van der Waals surface area contributed by atoms with Crippen LogP contribution in [-0.4, -0.2) is 22.6 Å². The summed E-state index contributed by atoms with van der Waals surface area (Å²) in [6, 6.07) is 15.8. The molecule has 2 saturated carbocycles. The van der Waals surface area contributed by atoms with Crippen molar-refractivity contribution in [2.45, 2.75) is 95.7 Å². The van der Waals surface area contributed by atoms with Gasteiger partial charge in [0.15, 0.2) is 0 Å². The van der Waals surface area contributed by atoms with E-state index in [1.807, 2.05) is 0 Å². The fraction of sp³-hybridized carbons (Fsp3) is 0.516. The van der Waals surface area contributed by atoms with Crippen LogP contribution in [0.1, 0.15) is 86.8 Å². The van der Waals surface area contributed by atoms with Crippen molar-refractivity contribution in [1.82, 2.24) is 9.88 Å². The summed E-state index contributed by atoms with van der Waals surface area (Å²) < 4.78 is 3.55. The monoisotopic (exact) mass is 549 g/mol. The lowest BCUT2D eigenvalue weighted by Gasteiger charge is -2.27. The lowest BCUT2D eigenvalue weighted by molar-refractivity contribution is -0.122. The summed E-state index contributed by atoms with van der Waals surface area (Å²) in [6.07, 6.45) is 13.5. The molecule has 2 aliphatic rings. The molecule has 5 rings (SSSR count). The molecule has 2 aliphatic carbocycles. The number of halogens is 1. The SMILES string of the molecule is Cc1cccc(C(CC(=O)NC2CCC(N)CC2)c2cn(CC3CCCCC3)c3ccc(Br)cc23)c1. The Bertz CT molecular complexity index is 1190. The van der Waals surface area contributed by atoms with Crippen molar-refractivity contribution in [2.75, 3.05) is 0 Å². The quantitative estimate of drug-likeness (QED) is 0.327. The fourth-order valence-corrected chi connectivity index (χ4v) is 6.76. The van der Waals surface area contributed by atoms with Crippen molar-refractivity contribution < 1.29 is 4.79 Å². The van der Waals surface area contributed by atoms with Crippen LogP contribution in [0.25, 0.3) is 10.9 Å². The van der Waals surface area contributed by atoms with Gasteiger partial charge in [-0.3, -0.25) is 4.79 Å². The molecule has 0 aliphatic heterocycles. The van der Waals surface area contributed by atoms with Gasteiger partial charge in [0.25, 0.3) is 0 Å². The number of fused-ring (bicyclic) bond motifs is 1. The molecule has 3 N–H and O–H groups in total. The van der Waals surface area contributed by atoms with Crippen molar-refractivity contribution in [2.24, 2.45) is 11.7 Å². The Morgan fingerprint density at radius 2 is 1.83 bits per heavy atom. The summed E-state index contributed by atoms with van der Waals surface area (Å²) >= 11 is 3.71. The van der Waals surface area contributed by atoms with Gasteiger partial charge in [-0.25, -0.2) is 0 Å². The molecule has 0 spiro atoms. The van der Waals surface area contributed by atoms with Gasteiger partial charge in [0, 0.05) is 52.5 Å². The third-order valence-electron chi connectivity index (χ3n) is 8.40. The van der Waals surface area contributed by atoms with Crippen LogP contribution in [0.4, 0.5) is 0 Å². The molecule has 0 bridgehead atoms. The molecule has 1 atom stereocenters. The number of nitrogens with zero attached hydrogens (tertiary/aromatic N) is 1. The highest BCUT2D eigenvalue weighted by Crippen LogP contribution is 2.37. The number of amides is 1. The standard InChI is InChI=1S/C31H40BrN3O/c1-21-6-5-9-23(16-21)27(18-31(36)34-26-13-11-25(33)12-14-26)29-20-35(19-22-7-3-2-4-8-22)30-15-10-24(32)17-28(29)30/h5-6,9-10,15-17,20,22,25-27H,2-4,7-8,11-14,18-19,33H2,1H3,(H,34,36). The number of rotatable bonds is 7. The molecule has 0 saturated heterocycles. The van der Waals surface area contributed by atoms with Crippen LogP contribution in [0.5, 0.6) is 0 Å². The van der Waals surface area contributed by atoms with Crippen LogP contribution in [0.2, 0.25) is 0 Å². The molecule has 2 fully saturated rings. The van der Waals surface area contributed by atoms with E-state index in [9.17, 15) is 4.79 Å². The van der Waals surface area contributed by atoms with E-state index >= 15 is 0 Å². The van der Waals surface area contributed by atoms with Gasteiger partial charge in [-0.05, 0) is 80.7 Å². The van der Waals surface area contributed by atoms with E-state index in [4.69, 9.17) is 5.73 Å². The van der Waals surface area contributed by atoms with Crippen molar-refractivity contribution in [3.8, 4) is 0 Å². The Morgan fingerprint density at radius 1 is 1.06 bits per heavy atom. The molecular formula is C31H40BrN3O. The van der Waals surface area contributed by atoms with Crippen LogP contribution in [0.15, 0.2) is 53.1 Å². The maximum Gasteiger partial charge on any atom is 0.221 e. The molecule has 1 heterocycles. The molecule has 4 nitrogen and oxygen atoms in total. The molecule has 5 heteroatoms. The summed E-state index contributed by atoms with van der Waals surface area (Å²) in [5.74, 6) is 0.898. The Morgan fingerprint density at radius 3 is 2.58 bits per heavy atom. The van der Waals surface area contributed by atoms with Gasteiger partial charge in [0.1, 0.15) is 0 Å². The number of hydrogen-bond donors (Lipinski definition) is 2. The second kappa shape index (κ2) is 11.5. The highest BCUT2D eigenvalue weighted by atomic mass is 79.9. The average Bonchev–Trinajstić information content (AvgIpc) is 3.21. The van der Waals surface area contributed by atoms with Gasteiger partial charge in [-0.2, -0.15) is 0 Å². The van der Waals surface area contributed by atoms with Gasteiger partial charge in [0.2, 0.25) is 5.91 Å². The van der Waals surface area contributed by atoms with Crippen molar-refractivity contribution in [3.05, 3.63) is 69.8 Å². The maximum atomic E-state index is 13.4. The van der Waals surface area contributed by atoms with E-state index < -0.39 is 0 Å². The first kappa shape index (κ1) is 25.5. The highest BCUT2D eigenvalue weighted by molar-refractivity contribution is 9.10. The number of aromatic nitrogens is 1. The van der Waals surface area contributed by atoms with Crippen molar-refractivity contribution >= 4 is 32.7 Å². The number of nitrogens with one attached hydrogen (secondary N) is 1. The maximum absolute atomic E-state index is 13.4. The first-order valence-corrected chi connectivity index (χ1v) is 14.7. The van der Waals surface area contributed by atoms with E-state index in [0.29, 0.717) is 6.42 Å². The molecular weight excluding hydrogens is 510 g/mol. The van der Waals surface area contributed by atoms with E-state index in [1.54, 1.807) is 0 Å². The van der Waals surface area contributed by atoms with Gasteiger partial charge >= 0.3 is 0 Å². The minimum Gasteiger partial charge on any atom is -0.353 e. The van der Waals surface area contributed by atoms with Gasteiger partial charge in [-0.15, -0.1) is 0 Å². The largest absolute Gasteiger partial charge is 0.353 e. The number of hydrogen-bond acceptors (Lipinski definition) is 2. The Labute approximate surface area is 224 Å². The van der Waals surface area contributed by atoms with E-state index in [0.717, 1.165) is 42.6 Å². The molecule has 2 aromatic carbocycles. The fourth-order valence-electron chi connectivity index (χ4n) is 6.40. The molecule has 1 aromatic heterocycles. The van der Waals surface area contributed by atoms with Gasteiger partial charge < -0.3 is 15.6 Å². The zero-order valence-corrected chi connectivity index (χ0v) is 23.1. The summed E-state index contributed by atoms with van der Waals surface area (Å²) in [7, 11) is 0. The van der Waals surface area contributed by atoms with Crippen molar-refractivity contribution in [1.29, 1.82) is 0 Å². The second-order valence-corrected chi connectivity index (χ2v) is 12.2. The first-order chi connectivity index (χ1) is 17.5. The van der Waals surface area contributed by atoms with E-state index in [1.165, 1.54) is 59.7 Å².